The molecule has 0 saturated carbocycles. The van der Waals surface area contributed by atoms with E-state index in [1.54, 1.807) is 21.8 Å². The summed E-state index contributed by atoms with van der Waals surface area (Å²) in [5.74, 6) is 0.351. The van der Waals surface area contributed by atoms with Gasteiger partial charge in [0.15, 0.2) is 11.5 Å². The van der Waals surface area contributed by atoms with Gasteiger partial charge in [0, 0.05) is 44.9 Å². The van der Waals surface area contributed by atoms with E-state index in [4.69, 9.17) is 9.26 Å². The van der Waals surface area contributed by atoms with Crippen LogP contribution >= 0.6 is 0 Å². The molecule has 28 heavy (non-hydrogen) atoms. The van der Waals surface area contributed by atoms with Crippen LogP contribution < -0.4 is 0 Å². The van der Waals surface area contributed by atoms with Crippen LogP contribution in [0, 0.1) is 6.92 Å². The molecule has 2 aromatic heterocycles. The highest BCUT2D eigenvalue weighted by atomic mass is 16.5. The second-order valence-corrected chi connectivity index (χ2v) is 7.36. The van der Waals surface area contributed by atoms with E-state index in [1.165, 1.54) is 0 Å². The molecule has 2 aromatic rings. The van der Waals surface area contributed by atoms with Gasteiger partial charge in [0.1, 0.15) is 0 Å². The van der Waals surface area contributed by atoms with Crippen molar-refractivity contribution in [3.63, 3.8) is 0 Å². The Balaban J connectivity index is 1.49. The van der Waals surface area contributed by atoms with Crippen molar-refractivity contribution in [1.82, 2.24) is 24.7 Å². The minimum absolute atomic E-state index is 0.0811. The van der Waals surface area contributed by atoms with Gasteiger partial charge in [-0.05, 0) is 19.8 Å². The van der Waals surface area contributed by atoms with Crippen LogP contribution in [0.4, 0.5) is 0 Å². The summed E-state index contributed by atoms with van der Waals surface area (Å²) in [5, 5.41) is 8.16. The van der Waals surface area contributed by atoms with Gasteiger partial charge in [-0.1, -0.05) is 5.16 Å². The maximum Gasteiger partial charge on any atom is 0.276 e. The fourth-order valence-corrected chi connectivity index (χ4v) is 3.78. The zero-order valence-electron chi connectivity index (χ0n) is 16.3. The molecular formula is C19H25N5O4. The average Bonchev–Trinajstić information content (AvgIpc) is 3.44. The molecule has 4 heterocycles. The Bertz CT molecular complexity index is 868. The third-order valence-corrected chi connectivity index (χ3v) is 5.59. The van der Waals surface area contributed by atoms with Crippen LogP contribution in [0.3, 0.4) is 0 Å². The van der Waals surface area contributed by atoms with Gasteiger partial charge in [-0.25, -0.2) is 0 Å². The van der Waals surface area contributed by atoms with Crippen LogP contribution in [0.5, 0.6) is 0 Å². The van der Waals surface area contributed by atoms with Crippen molar-refractivity contribution in [2.75, 3.05) is 32.8 Å². The number of amides is 2. The van der Waals surface area contributed by atoms with E-state index in [9.17, 15) is 9.59 Å². The van der Waals surface area contributed by atoms with Crippen molar-refractivity contribution < 1.29 is 18.8 Å². The third-order valence-electron chi connectivity index (χ3n) is 5.59. The van der Waals surface area contributed by atoms with Crippen LogP contribution in [0.1, 0.15) is 35.4 Å². The molecule has 9 heteroatoms. The maximum absolute atomic E-state index is 13.0. The first kappa shape index (κ1) is 18.7. The van der Waals surface area contributed by atoms with Crippen LogP contribution in [-0.2, 0) is 16.6 Å². The number of morpholine rings is 1. The molecule has 4 rings (SSSR count). The highest BCUT2D eigenvalue weighted by Gasteiger charge is 2.33. The average molecular weight is 387 g/mol. The van der Waals surface area contributed by atoms with Gasteiger partial charge in [0.25, 0.3) is 5.91 Å². The van der Waals surface area contributed by atoms with Gasteiger partial charge in [-0.15, -0.1) is 0 Å². The first-order valence-electron chi connectivity index (χ1n) is 9.67. The van der Waals surface area contributed by atoms with Gasteiger partial charge in [0.05, 0.1) is 31.0 Å². The zero-order valence-corrected chi connectivity index (χ0v) is 16.3. The number of hydrogen-bond donors (Lipinski definition) is 0. The molecular weight excluding hydrogens is 362 g/mol. The van der Waals surface area contributed by atoms with Gasteiger partial charge >= 0.3 is 0 Å². The Morgan fingerprint density at radius 3 is 2.75 bits per heavy atom. The lowest BCUT2D eigenvalue weighted by molar-refractivity contribution is -0.132. The minimum atomic E-state index is -0.283. The van der Waals surface area contributed by atoms with E-state index in [-0.39, 0.29) is 30.0 Å². The predicted octanol–water partition coefficient (Wildman–Crippen LogP) is 1.24. The summed E-state index contributed by atoms with van der Waals surface area (Å²) >= 11 is 0. The zero-order chi connectivity index (χ0) is 19.7. The lowest BCUT2D eigenvalue weighted by Crippen LogP contribution is -2.50. The van der Waals surface area contributed by atoms with Crippen molar-refractivity contribution in [2.45, 2.75) is 32.2 Å². The van der Waals surface area contributed by atoms with Crippen LogP contribution in [0.2, 0.25) is 0 Å². The van der Waals surface area contributed by atoms with E-state index in [0.29, 0.717) is 25.5 Å². The number of hydrogen-bond acceptors (Lipinski definition) is 6. The van der Waals surface area contributed by atoms with E-state index in [1.807, 2.05) is 18.9 Å². The number of carbonyl (C=O) groups is 2. The van der Waals surface area contributed by atoms with E-state index < -0.39 is 0 Å². The Morgan fingerprint density at radius 1 is 1.25 bits per heavy atom. The SMILES string of the molecule is Cc1c(-c2cc(C(=O)N3CCOC[C@@H]3CC(=O)N3CCCC3)no2)cnn1C. The van der Waals surface area contributed by atoms with Crippen molar-refractivity contribution in [3.05, 3.63) is 23.7 Å². The van der Waals surface area contributed by atoms with Crippen LogP contribution in [0.15, 0.2) is 16.8 Å². The van der Waals surface area contributed by atoms with Gasteiger partial charge in [0.2, 0.25) is 5.91 Å². The van der Waals surface area contributed by atoms with Gasteiger partial charge < -0.3 is 19.1 Å². The summed E-state index contributed by atoms with van der Waals surface area (Å²) in [5.41, 5.74) is 1.96. The standard InChI is InChI=1S/C19H25N5O4/c1-13-15(11-20-22(13)2)17-10-16(21-28-17)19(26)24-7-8-27-12-14(24)9-18(25)23-5-3-4-6-23/h10-11,14H,3-9,12H2,1-2H3/t14-/m0/s1. The number of aryl methyl sites for hydroxylation is 1. The minimum Gasteiger partial charge on any atom is -0.377 e. The Labute approximate surface area is 163 Å². The molecule has 150 valence electrons. The van der Waals surface area contributed by atoms with Gasteiger partial charge in [-0.2, -0.15) is 5.10 Å². The highest BCUT2D eigenvalue weighted by Crippen LogP contribution is 2.25. The second kappa shape index (κ2) is 7.75. The Hall–Kier alpha value is -2.68. The molecule has 0 unspecified atom stereocenters. The summed E-state index contributed by atoms with van der Waals surface area (Å²) in [6, 6.07) is 1.36. The topological polar surface area (TPSA) is 93.7 Å². The van der Waals surface area contributed by atoms with E-state index >= 15 is 0 Å². The Morgan fingerprint density at radius 2 is 2.04 bits per heavy atom. The summed E-state index contributed by atoms with van der Waals surface area (Å²) in [6.07, 6.45) is 4.06. The lowest BCUT2D eigenvalue weighted by Gasteiger charge is -2.35. The smallest absolute Gasteiger partial charge is 0.276 e. The molecule has 2 saturated heterocycles. The molecule has 9 nitrogen and oxygen atoms in total. The number of rotatable bonds is 4. The van der Waals surface area contributed by atoms with Crippen molar-refractivity contribution in [2.24, 2.45) is 7.05 Å². The van der Waals surface area contributed by atoms with Crippen LogP contribution in [0.25, 0.3) is 11.3 Å². The van der Waals surface area contributed by atoms with Crippen molar-refractivity contribution in [3.8, 4) is 11.3 Å². The molecule has 1 atom stereocenters. The Kier molecular flexibility index (Phi) is 5.17. The molecule has 2 aliphatic rings. The maximum atomic E-state index is 13.0. The summed E-state index contributed by atoms with van der Waals surface area (Å²) < 4.78 is 12.7. The van der Waals surface area contributed by atoms with Crippen LogP contribution in [-0.4, -0.2) is 75.4 Å². The second-order valence-electron chi connectivity index (χ2n) is 7.36. The number of likely N-dealkylation sites (tertiary alicyclic amines) is 1. The van der Waals surface area contributed by atoms with Gasteiger partial charge in [-0.3, -0.25) is 14.3 Å². The molecule has 0 radical (unpaired) electrons. The molecule has 2 amide bonds. The summed E-state index contributed by atoms with van der Waals surface area (Å²) in [6.45, 7) is 4.78. The molecule has 0 spiro atoms. The first-order valence-corrected chi connectivity index (χ1v) is 9.67. The molecule has 2 aliphatic heterocycles. The number of ether oxygens (including phenoxy) is 1. The van der Waals surface area contributed by atoms with Crippen molar-refractivity contribution >= 4 is 11.8 Å². The van der Waals surface area contributed by atoms with E-state index in [2.05, 4.69) is 10.3 Å². The monoisotopic (exact) mass is 387 g/mol. The first-order chi connectivity index (χ1) is 13.5. The fraction of sp³-hybridized carbons (Fsp3) is 0.579. The summed E-state index contributed by atoms with van der Waals surface area (Å²) in [7, 11) is 1.84. The largest absolute Gasteiger partial charge is 0.377 e. The highest BCUT2D eigenvalue weighted by molar-refractivity contribution is 5.94. The molecule has 0 aliphatic carbocycles. The quantitative estimate of drug-likeness (QED) is 0.783. The molecule has 2 fully saturated rings. The normalized spacial score (nSPS) is 20.0. The number of aromatic nitrogens is 3. The lowest BCUT2D eigenvalue weighted by atomic mass is 10.1. The summed E-state index contributed by atoms with van der Waals surface area (Å²) in [4.78, 5) is 29.1. The molecule has 0 N–H and O–H groups in total. The third kappa shape index (κ3) is 3.54. The van der Waals surface area contributed by atoms with Crippen molar-refractivity contribution in [1.29, 1.82) is 0 Å². The molecule has 0 bridgehead atoms. The fourth-order valence-electron chi connectivity index (χ4n) is 3.78. The molecule has 0 aromatic carbocycles. The predicted molar refractivity (Wildman–Crippen MR) is 99.5 cm³/mol. The number of nitrogens with zero attached hydrogens (tertiary/aromatic N) is 5. The van der Waals surface area contributed by atoms with E-state index in [0.717, 1.165) is 37.2 Å². The number of carbonyl (C=O) groups excluding carboxylic acids is 2.